The molecule has 2 heteroatoms. The maximum atomic E-state index is 5.82. The van der Waals surface area contributed by atoms with Crippen molar-refractivity contribution in [1.82, 2.24) is 5.32 Å². The fraction of sp³-hybridized carbons (Fsp3) is 0.647. The van der Waals surface area contributed by atoms with Gasteiger partial charge in [0.05, 0.1) is 6.10 Å². The Hall–Kier alpha value is -0.860. The van der Waals surface area contributed by atoms with E-state index in [1.54, 1.807) is 0 Å². The van der Waals surface area contributed by atoms with E-state index in [1.165, 1.54) is 11.1 Å². The van der Waals surface area contributed by atoms with Crippen LogP contribution in [-0.4, -0.2) is 26.3 Å². The number of rotatable bonds is 5. The summed E-state index contributed by atoms with van der Waals surface area (Å²) in [5, 5.41) is 3.35. The van der Waals surface area contributed by atoms with Crippen molar-refractivity contribution < 1.29 is 4.74 Å². The molecule has 1 aromatic carbocycles. The zero-order valence-electron chi connectivity index (χ0n) is 12.7. The molecule has 0 bridgehead atoms. The van der Waals surface area contributed by atoms with Gasteiger partial charge in [-0.15, -0.1) is 0 Å². The van der Waals surface area contributed by atoms with Crippen LogP contribution in [0.4, 0.5) is 0 Å². The molecule has 0 aromatic heterocycles. The molecule has 0 saturated carbocycles. The third-order valence-electron chi connectivity index (χ3n) is 4.56. The molecule has 2 unspecified atom stereocenters. The second-order valence-electron chi connectivity index (χ2n) is 6.23. The number of hydrogen-bond donors (Lipinski definition) is 1. The van der Waals surface area contributed by atoms with Crippen LogP contribution in [0.3, 0.4) is 0 Å². The molecule has 0 radical (unpaired) electrons. The van der Waals surface area contributed by atoms with Crippen molar-refractivity contribution in [1.29, 1.82) is 0 Å². The monoisotopic (exact) mass is 261 g/mol. The SMILES string of the molecule is CNCC1(Cc2ccc(C(C)C)cc2)CCOC1C. The van der Waals surface area contributed by atoms with Crippen molar-refractivity contribution in [2.75, 3.05) is 20.2 Å². The average molecular weight is 261 g/mol. The Morgan fingerprint density at radius 3 is 2.47 bits per heavy atom. The molecule has 106 valence electrons. The van der Waals surface area contributed by atoms with Crippen molar-refractivity contribution in [3.8, 4) is 0 Å². The van der Waals surface area contributed by atoms with Gasteiger partial charge in [0.1, 0.15) is 0 Å². The second-order valence-corrected chi connectivity index (χ2v) is 6.23. The van der Waals surface area contributed by atoms with Crippen molar-refractivity contribution >= 4 is 0 Å². The smallest absolute Gasteiger partial charge is 0.0619 e. The van der Waals surface area contributed by atoms with Crippen molar-refractivity contribution in [3.63, 3.8) is 0 Å². The number of benzene rings is 1. The van der Waals surface area contributed by atoms with Gasteiger partial charge >= 0.3 is 0 Å². The second kappa shape index (κ2) is 6.06. The van der Waals surface area contributed by atoms with Crippen LogP contribution in [-0.2, 0) is 11.2 Å². The van der Waals surface area contributed by atoms with Crippen LogP contribution < -0.4 is 5.32 Å². The Bertz CT molecular complexity index is 398. The fourth-order valence-corrected chi connectivity index (χ4v) is 3.12. The van der Waals surface area contributed by atoms with E-state index in [0.717, 1.165) is 26.0 Å². The fourth-order valence-electron chi connectivity index (χ4n) is 3.12. The summed E-state index contributed by atoms with van der Waals surface area (Å²) in [5.74, 6) is 0.606. The van der Waals surface area contributed by atoms with E-state index in [1.807, 2.05) is 7.05 Å². The third-order valence-corrected chi connectivity index (χ3v) is 4.56. The summed E-state index contributed by atoms with van der Waals surface area (Å²) in [5.41, 5.74) is 3.10. The molecule has 0 spiro atoms. The molecule has 2 atom stereocenters. The molecule has 1 heterocycles. The molecular weight excluding hydrogens is 234 g/mol. The number of hydrogen-bond acceptors (Lipinski definition) is 2. The van der Waals surface area contributed by atoms with Gasteiger partial charge in [0.25, 0.3) is 0 Å². The molecule has 0 amide bonds. The summed E-state index contributed by atoms with van der Waals surface area (Å²) in [7, 11) is 2.04. The molecule has 1 fully saturated rings. The highest BCUT2D eigenvalue weighted by Gasteiger charge is 2.40. The summed E-state index contributed by atoms with van der Waals surface area (Å²) in [4.78, 5) is 0. The molecular formula is C17H27NO. The lowest BCUT2D eigenvalue weighted by Crippen LogP contribution is -2.40. The van der Waals surface area contributed by atoms with Crippen LogP contribution in [0.2, 0.25) is 0 Å². The van der Waals surface area contributed by atoms with E-state index in [0.29, 0.717) is 12.0 Å². The minimum atomic E-state index is 0.258. The minimum absolute atomic E-state index is 0.258. The van der Waals surface area contributed by atoms with Crippen LogP contribution in [0.1, 0.15) is 44.2 Å². The van der Waals surface area contributed by atoms with Crippen LogP contribution >= 0.6 is 0 Å². The topological polar surface area (TPSA) is 21.3 Å². The van der Waals surface area contributed by atoms with Gasteiger partial charge in [-0.3, -0.25) is 0 Å². The highest BCUT2D eigenvalue weighted by Crippen LogP contribution is 2.37. The van der Waals surface area contributed by atoms with Crippen LogP contribution in [0, 0.1) is 5.41 Å². The highest BCUT2D eigenvalue weighted by molar-refractivity contribution is 5.26. The van der Waals surface area contributed by atoms with Gasteiger partial charge in [0, 0.05) is 18.6 Å². The van der Waals surface area contributed by atoms with Gasteiger partial charge in [0.15, 0.2) is 0 Å². The molecule has 2 rings (SSSR count). The Labute approximate surface area is 117 Å². The lowest BCUT2D eigenvalue weighted by Gasteiger charge is -2.32. The summed E-state index contributed by atoms with van der Waals surface area (Å²) in [6.45, 7) is 8.62. The Kier molecular flexibility index (Phi) is 4.64. The summed E-state index contributed by atoms with van der Waals surface area (Å²) < 4.78 is 5.82. The molecule has 19 heavy (non-hydrogen) atoms. The van der Waals surface area contributed by atoms with E-state index in [2.05, 4.69) is 50.4 Å². The molecule has 0 aliphatic carbocycles. The standard InChI is InChI=1S/C17H27NO/c1-13(2)16-7-5-15(6-8-16)11-17(12-18-4)9-10-19-14(17)3/h5-8,13-14,18H,9-12H2,1-4H3. The van der Waals surface area contributed by atoms with Crippen LogP contribution in [0.25, 0.3) is 0 Å². The summed E-state index contributed by atoms with van der Waals surface area (Å²) >= 11 is 0. The maximum absolute atomic E-state index is 5.82. The van der Waals surface area contributed by atoms with E-state index < -0.39 is 0 Å². The molecule has 1 aliphatic rings. The molecule has 1 aromatic rings. The van der Waals surface area contributed by atoms with Gasteiger partial charge in [-0.05, 0) is 43.9 Å². The number of ether oxygens (including phenoxy) is 1. The average Bonchev–Trinajstić information content (AvgIpc) is 2.72. The molecule has 1 aliphatic heterocycles. The van der Waals surface area contributed by atoms with E-state index >= 15 is 0 Å². The Balaban J connectivity index is 2.13. The lowest BCUT2D eigenvalue weighted by molar-refractivity contribution is 0.0640. The highest BCUT2D eigenvalue weighted by atomic mass is 16.5. The summed E-state index contributed by atoms with van der Waals surface area (Å²) in [6, 6.07) is 9.12. The maximum Gasteiger partial charge on any atom is 0.0619 e. The molecule has 2 nitrogen and oxygen atoms in total. The molecule has 1 N–H and O–H groups in total. The Morgan fingerprint density at radius 2 is 2.00 bits per heavy atom. The third kappa shape index (κ3) is 3.18. The predicted molar refractivity (Wildman–Crippen MR) is 80.6 cm³/mol. The van der Waals surface area contributed by atoms with E-state index in [-0.39, 0.29) is 5.41 Å². The largest absolute Gasteiger partial charge is 0.378 e. The zero-order valence-corrected chi connectivity index (χ0v) is 12.7. The summed E-state index contributed by atoms with van der Waals surface area (Å²) in [6.07, 6.45) is 2.60. The first-order chi connectivity index (χ1) is 9.07. The predicted octanol–water partition coefficient (Wildman–Crippen LogP) is 3.37. The zero-order chi connectivity index (χ0) is 13.9. The van der Waals surface area contributed by atoms with E-state index in [4.69, 9.17) is 4.74 Å². The number of nitrogens with one attached hydrogen (secondary N) is 1. The minimum Gasteiger partial charge on any atom is -0.378 e. The van der Waals surface area contributed by atoms with Crippen molar-refractivity contribution in [3.05, 3.63) is 35.4 Å². The Morgan fingerprint density at radius 1 is 1.32 bits per heavy atom. The van der Waals surface area contributed by atoms with Crippen molar-refractivity contribution in [2.45, 2.75) is 45.6 Å². The van der Waals surface area contributed by atoms with Gasteiger partial charge in [-0.25, -0.2) is 0 Å². The van der Waals surface area contributed by atoms with Gasteiger partial charge < -0.3 is 10.1 Å². The van der Waals surface area contributed by atoms with Crippen LogP contribution in [0.15, 0.2) is 24.3 Å². The lowest BCUT2D eigenvalue weighted by atomic mass is 9.76. The van der Waals surface area contributed by atoms with Crippen molar-refractivity contribution in [2.24, 2.45) is 5.41 Å². The first-order valence-electron chi connectivity index (χ1n) is 7.42. The first kappa shape index (κ1) is 14.5. The molecule has 1 saturated heterocycles. The first-order valence-corrected chi connectivity index (χ1v) is 7.42. The quantitative estimate of drug-likeness (QED) is 0.877. The van der Waals surface area contributed by atoms with E-state index in [9.17, 15) is 0 Å². The normalized spacial score (nSPS) is 27.1. The van der Waals surface area contributed by atoms with Crippen LogP contribution in [0.5, 0.6) is 0 Å². The van der Waals surface area contributed by atoms with Gasteiger partial charge in [0.2, 0.25) is 0 Å². The van der Waals surface area contributed by atoms with Gasteiger partial charge in [-0.2, -0.15) is 0 Å². The van der Waals surface area contributed by atoms with Gasteiger partial charge in [-0.1, -0.05) is 38.1 Å².